The number of carbonyl (C=O) groups is 1. The first kappa shape index (κ1) is 20.5. The van der Waals surface area contributed by atoms with Crippen LogP contribution in [-0.2, 0) is 4.79 Å². The third kappa shape index (κ3) is 4.36. The maximum absolute atomic E-state index is 12.9. The lowest BCUT2D eigenvalue weighted by atomic mass is 10.1. The number of thioether (sulfide) groups is 1. The van der Waals surface area contributed by atoms with Gasteiger partial charge in [-0.25, -0.2) is 0 Å². The lowest BCUT2D eigenvalue weighted by molar-refractivity contribution is -0.131. The van der Waals surface area contributed by atoms with Crippen molar-refractivity contribution in [2.75, 3.05) is 20.2 Å². The Labute approximate surface area is 181 Å². The molecule has 0 aliphatic carbocycles. The van der Waals surface area contributed by atoms with E-state index in [9.17, 15) is 4.79 Å². The van der Waals surface area contributed by atoms with Crippen LogP contribution in [0.1, 0.15) is 26.2 Å². The molecule has 4 rings (SSSR count). The third-order valence-corrected chi connectivity index (χ3v) is 6.30. The Morgan fingerprint density at radius 3 is 2.53 bits per heavy atom. The number of hydrogen-bond acceptors (Lipinski definition) is 5. The molecule has 1 unspecified atom stereocenters. The van der Waals surface area contributed by atoms with Crippen molar-refractivity contribution in [3.63, 3.8) is 0 Å². The summed E-state index contributed by atoms with van der Waals surface area (Å²) in [5.74, 6) is 1.66. The van der Waals surface area contributed by atoms with Gasteiger partial charge in [0.1, 0.15) is 5.75 Å². The van der Waals surface area contributed by atoms with Crippen LogP contribution in [0.15, 0.2) is 59.8 Å². The lowest BCUT2D eigenvalue weighted by Gasteiger charge is -2.28. The van der Waals surface area contributed by atoms with Gasteiger partial charge in [-0.05, 0) is 50.5 Å². The molecule has 0 N–H and O–H groups in total. The standard InChI is InChI=1S/C23H26N4O2S/c1-17(22(28)26-14-7-4-8-15-26)30-23-25-24-21(18-10-9-13-20(16-18)29-2)27(23)19-11-5-3-6-12-19/h3,5-6,9-13,16-17H,4,7-8,14-15H2,1-2H3. The van der Waals surface area contributed by atoms with Gasteiger partial charge >= 0.3 is 0 Å². The number of hydrogen-bond donors (Lipinski definition) is 0. The van der Waals surface area contributed by atoms with Crippen LogP contribution >= 0.6 is 11.8 Å². The first-order chi connectivity index (χ1) is 14.7. The molecule has 2 heterocycles. The maximum atomic E-state index is 12.9. The van der Waals surface area contributed by atoms with E-state index >= 15 is 0 Å². The van der Waals surface area contributed by atoms with Gasteiger partial charge < -0.3 is 9.64 Å². The molecule has 3 aromatic rings. The van der Waals surface area contributed by atoms with Crippen molar-refractivity contribution in [1.29, 1.82) is 0 Å². The van der Waals surface area contributed by atoms with Gasteiger partial charge in [0.25, 0.3) is 0 Å². The summed E-state index contributed by atoms with van der Waals surface area (Å²) >= 11 is 1.46. The summed E-state index contributed by atoms with van der Waals surface area (Å²) in [6.45, 7) is 3.66. The van der Waals surface area contributed by atoms with Crippen LogP contribution in [-0.4, -0.2) is 51.0 Å². The molecule has 156 valence electrons. The van der Waals surface area contributed by atoms with Gasteiger partial charge in [0.2, 0.25) is 5.91 Å². The smallest absolute Gasteiger partial charge is 0.235 e. The van der Waals surface area contributed by atoms with E-state index in [-0.39, 0.29) is 11.2 Å². The Bertz CT molecular complexity index is 999. The molecule has 6 nitrogen and oxygen atoms in total. The summed E-state index contributed by atoms with van der Waals surface area (Å²) in [4.78, 5) is 14.9. The largest absolute Gasteiger partial charge is 0.497 e. The van der Waals surface area contributed by atoms with Gasteiger partial charge in [0.15, 0.2) is 11.0 Å². The number of para-hydroxylation sites is 1. The Kier molecular flexibility index (Phi) is 6.38. The topological polar surface area (TPSA) is 60.3 Å². The molecule has 1 atom stereocenters. The summed E-state index contributed by atoms with van der Waals surface area (Å²) in [7, 11) is 1.65. The van der Waals surface area contributed by atoms with Crippen molar-refractivity contribution < 1.29 is 9.53 Å². The molecule has 0 bridgehead atoms. The Balaban J connectivity index is 1.68. The van der Waals surface area contributed by atoms with Crippen LogP contribution in [0, 0.1) is 0 Å². The first-order valence-corrected chi connectivity index (χ1v) is 11.2. The molecule has 1 aromatic heterocycles. The summed E-state index contributed by atoms with van der Waals surface area (Å²) < 4.78 is 7.39. The van der Waals surface area contributed by atoms with Gasteiger partial charge in [-0.2, -0.15) is 0 Å². The zero-order chi connectivity index (χ0) is 20.9. The summed E-state index contributed by atoms with van der Waals surface area (Å²) in [5, 5.41) is 9.41. The van der Waals surface area contributed by atoms with E-state index < -0.39 is 0 Å². The van der Waals surface area contributed by atoms with Crippen LogP contribution in [0.4, 0.5) is 0 Å². The number of methoxy groups -OCH3 is 1. The minimum absolute atomic E-state index is 0.172. The number of piperidine rings is 1. The molecular weight excluding hydrogens is 396 g/mol. The quantitative estimate of drug-likeness (QED) is 0.550. The Morgan fingerprint density at radius 1 is 1.03 bits per heavy atom. The summed E-state index contributed by atoms with van der Waals surface area (Å²) in [6, 6.07) is 17.8. The monoisotopic (exact) mass is 422 g/mol. The zero-order valence-corrected chi connectivity index (χ0v) is 18.1. The zero-order valence-electron chi connectivity index (χ0n) is 17.3. The minimum atomic E-state index is -0.229. The fourth-order valence-corrected chi connectivity index (χ4v) is 4.64. The van der Waals surface area contributed by atoms with E-state index in [2.05, 4.69) is 10.2 Å². The molecule has 2 aromatic carbocycles. The van der Waals surface area contributed by atoms with Crippen molar-refractivity contribution in [3.8, 4) is 22.8 Å². The second kappa shape index (κ2) is 9.34. The van der Waals surface area contributed by atoms with Gasteiger partial charge in [0.05, 0.1) is 12.4 Å². The number of amides is 1. The predicted molar refractivity (Wildman–Crippen MR) is 119 cm³/mol. The van der Waals surface area contributed by atoms with Gasteiger partial charge in [-0.1, -0.05) is 42.1 Å². The van der Waals surface area contributed by atoms with Crippen LogP contribution < -0.4 is 4.74 Å². The van der Waals surface area contributed by atoms with E-state index in [4.69, 9.17) is 4.74 Å². The predicted octanol–water partition coefficient (Wildman–Crippen LogP) is 4.44. The number of rotatable bonds is 6. The van der Waals surface area contributed by atoms with Gasteiger partial charge in [0, 0.05) is 24.3 Å². The highest BCUT2D eigenvalue weighted by molar-refractivity contribution is 8.00. The lowest BCUT2D eigenvalue weighted by Crippen LogP contribution is -2.40. The van der Waals surface area contributed by atoms with Crippen LogP contribution in [0.5, 0.6) is 5.75 Å². The van der Waals surface area contributed by atoms with Crippen molar-refractivity contribution >= 4 is 17.7 Å². The van der Waals surface area contributed by atoms with E-state index in [1.807, 2.05) is 71.0 Å². The molecular formula is C23H26N4O2S. The second-order valence-electron chi connectivity index (χ2n) is 7.36. The van der Waals surface area contributed by atoms with Crippen LogP contribution in [0.3, 0.4) is 0 Å². The fraction of sp³-hybridized carbons (Fsp3) is 0.348. The highest BCUT2D eigenvalue weighted by atomic mass is 32.2. The highest BCUT2D eigenvalue weighted by Crippen LogP contribution is 2.32. The number of ether oxygens (including phenoxy) is 1. The highest BCUT2D eigenvalue weighted by Gasteiger charge is 2.26. The first-order valence-electron chi connectivity index (χ1n) is 10.3. The van der Waals surface area contributed by atoms with Crippen molar-refractivity contribution in [3.05, 3.63) is 54.6 Å². The Hall–Kier alpha value is -2.80. The van der Waals surface area contributed by atoms with Crippen molar-refractivity contribution in [2.45, 2.75) is 36.6 Å². The maximum Gasteiger partial charge on any atom is 0.235 e. The minimum Gasteiger partial charge on any atom is -0.497 e. The average molecular weight is 423 g/mol. The Morgan fingerprint density at radius 2 is 1.80 bits per heavy atom. The second-order valence-corrected chi connectivity index (χ2v) is 8.66. The molecule has 1 fully saturated rings. The van der Waals surface area contributed by atoms with Gasteiger partial charge in [-0.15, -0.1) is 10.2 Å². The normalized spacial score (nSPS) is 15.1. The third-order valence-electron chi connectivity index (χ3n) is 5.27. The van der Waals surface area contributed by atoms with E-state index in [1.165, 1.54) is 18.2 Å². The molecule has 1 saturated heterocycles. The van der Waals surface area contributed by atoms with E-state index in [1.54, 1.807) is 7.11 Å². The number of aromatic nitrogens is 3. The molecule has 0 saturated carbocycles. The van der Waals surface area contributed by atoms with Crippen LogP contribution in [0.2, 0.25) is 0 Å². The number of likely N-dealkylation sites (tertiary alicyclic amines) is 1. The molecule has 7 heteroatoms. The van der Waals surface area contributed by atoms with Crippen molar-refractivity contribution in [1.82, 2.24) is 19.7 Å². The number of carbonyl (C=O) groups excluding carboxylic acids is 1. The van der Waals surface area contributed by atoms with E-state index in [0.717, 1.165) is 48.8 Å². The summed E-state index contributed by atoms with van der Waals surface area (Å²) in [5.41, 5.74) is 1.87. The molecule has 1 aliphatic heterocycles. The van der Waals surface area contributed by atoms with E-state index in [0.29, 0.717) is 5.16 Å². The molecule has 1 aliphatic rings. The fourth-order valence-electron chi connectivity index (χ4n) is 3.69. The summed E-state index contributed by atoms with van der Waals surface area (Å²) in [6.07, 6.45) is 3.38. The number of nitrogens with zero attached hydrogens (tertiary/aromatic N) is 4. The molecule has 0 spiro atoms. The molecule has 30 heavy (non-hydrogen) atoms. The van der Waals surface area contributed by atoms with Crippen LogP contribution in [0.25, 0.3) is 17.1 Å². The molecule has 1 amide bonds. The molecule has 0 radical (unpaired) electrons. The SMILES string of the molecule is COc1cccc(-c2nnc(SC(C)C(=O)N3CCCCC3)n2-c2ccccc2)c1. The average Bonchev–Trinajstić information content (AvgIpc) is 3.23. The van der Waals surface area contributed by atoms with Crippen molar-refractivity contribution in [2.24, 2.45) is 0 Å². The number of benzene rings is 2. The van der Waals surface area contributed by atoms with Gasteiger partial charge in [-0.3, -0.25) is 9.36 Å².